The fraction of sp³-hybridized carbons (Fsp3) is 0.636. The van der Waals surface area contributed by atoms with E-state index in [0.29, 0.717) is 36.4 Å². The molecule has 4 rings (SSSR count). The minimum absolute atomic E-state index is 0.119. The number of carbonyl (C=O) groups is 2. The third kappa shape index (κ3) is 4.72. The van der Waals surface area contributed by atoms with E-state index in [2.05, 4.69) is 10.6 Å². The molecule has 1 aromatic carbocycles. The molecule has 1 atom stereocenters. The molecule has 3 aliphatic rings. The predicted octanol–water partition coefficient (Wildman–Crippen LogP) is 2.71. The summed E-state index contributed by atoms with van der Waals surface area (Å²) in [5.74, 6) is -0.128. The number of aryl methyl sites for hydroxylation is 1. The van der Waals surface area contributed by atoms with Gasteiger partial charge in [-0.25, -0.2) is 8.42 Å². The molecule has 1 saturated heterocycles. The summed E-state index contributed by atoms with van der Waals surface area (Å²) >= 11 is 0. The highest BCUT2D eigenvalue weighted by atomic mass is 32.2. The molecular formula is C22H31N3O5S. The van der Waals surface area contributed by atoms with Crippen LogP contribution in [0.3, 0.4) is 0 Å². The Morgan fingerprint density at radius 3 is 2.55 bits per heavy atom. The first-order chi connectivity index (χ1) is 14.9. The molecule has 2 amide bonds. The Bertz CT molecular complexity index is 954. The second kappa shape index (κ2) is 9.16. The standard InChI is InChI=1S/C22H31N3O5S/c1-15-12-17-19(30-14-21(26)24-17)13-20(15)31(28,29)25-11-7-10-18(25)22(27)23-16-8-5-3-2-4-6-9-16/h12-13,16,18H,2-11,14H2,1H3,(H,23,27)(H,24,26)/t18-/m1/s1. The van der Waals surface area contributed by atoms with Gasteiger partial charge in [0.05, 0.1) is 10.6 Å². The Labute approximate surface area is 183 Å². The molecule has 1 aromatic rings. The molecule has 2 aliphatic heterocycles. The van der Waals surface area contributed by atoms with E-state index in [9.17, 15) is 18.0 Å². The Hall–Kier alpha value is -2.13. The summed E-state index contributed by atoms with van der Waals surface area (Å²) in [6.45, 7) is 1.86. The van der Waals surface area contributed by atoms with Gasteiger partial charge in [0.15, 0.2) is 6.61 Å². The van der Waals surface area contributed by atoms with Crippen LogP contribution < -0.4 is 15.4 Å². The first kappa shape index (κ1) is 22.1. The molecule has 0 bridgehead atoms. The number of carbonyl (C=O) groups excluding carboxylic acids is 2. The quantitative estimate of drug-likeness (QED) is 0.735. The molecule has 0 radical (unpaired) electrons. The van der Waals surface area contributed by atoms with Gasteiger partial charge in [0.25, 0.3) is 5.91 Å². The molecule has 2 N–H and O–H groups in total. The lowest BCUT2D eigenvalue weighted by Gasteiger charge is -2.28. The molecular weight excluding hydrogens is 418 g/mol. The van der Waals surface area contributed by atoms with E-state index >= 15 is 0 Å². The van der Waals surface area contributed by atoms with Gasteiger partial charge in [-0.15, -0.1) is 0 Å². The molecule has 0 spiro atoms. The maximum atomic E-state index is 13.5. The van der Waals surface area contributed by atoms with Crippen molar-refractivity contribution in [2.24, 2.45) is 0 Å². The number of hydrogen-bond donors (Lipinski definition) is 2. The van der Waals surface area contributed by atoms with Crippen LogP contribution in [-0.4, -0.2) is 49.8 Å². The third-order valence-corrected chi connectivity index (χ3v) is 8.50. The zero-order valence-corrected chi connectivity index (χ0v) is 18.8. The summed E-state index contributed by atoms with van der Waals surface area (Å²) in [6.07, 6.45) is 8.92. The normalized spacial score (nSPS) is 23.3. The predicted molar refractivity (Wildman–Crippen MR) is 116 cm³/mol. The Morgan fingerprint density at radius 1 is 1.10 bits per heavy atom. The molecule has 9 heteroatoms. The second-order valence-electron chi connectivity index (χ2n) is 8.78. The van der Waals surface area contributed by atoms with Gasteiger partial charge < -0.3 is 15.4 Å². The molecule has 2 heterocycles. The van der Waals surface area contributed by atoms with Gasteiger partial charge in [0, 0.05) is 18.7 Å². The number of nitrogens with zero attached hydrogens (tertiary/aromatic N) is 1. The van der Waals surface area contributed by atoms with E-state index in [1.54, 1.807) is 13.0 Å². The van der Waals surface area contributed by atoms with Crippen LogP contribution in [0.15, 0.2) is 17.0 Å². The van der Waals surface area contributed by atoms with E-state index in [1.165, 1.54) is 29.6 Å². The summed E-state index contributed by atoms with van der Waals surface area (Å²) in [4.78, 5) is 24.7. The minimum Gasteiger partial charge on any atom is -0.482 e. The highest BCUT2D eigenvalue weighted by molar-refractivity contribution is 7.89. The number of amides is 2. The van der Waals surface area contributed by atoms with E-state index in [1.807, 2.05) is 0 Å². The van der Waals surface area contributed by atoms with Gasteiger partial charge in [0.1, 0.15) is 11.8 Å². The molecule has 1 aliphatic carbocycles. The lowest BCUT2D eigenvalue weighted by atomic mass is 9.96. The molecule has 31 heavy (non-hydrogen) atoms. The minimum atomic E-state index is -3.88. The summed E-state index contributed by atoms with van der Waals surface area (Å²) in [6, 6.07) is 2.51. The van der Waals surface area contributed by atoms with Crippen LogP contribution in [0.4, 0.5) is 5.69 Å². The maximum absolute atomic E-state index is 13.5. The molecule has 1 saturated carbocycles. The fourth-order valence-electron chi connectivity index (χ4n) is 4.81. The lowest BCUT2D eigenvalue weighted by molar-refractivity contribution is -0.125. The molecule has 170 valence electrons. The molecule has 2 fully saturated rings. The summed E-state index contributed by atoms with van der Waals surface area (Å²) in [5.41, 5.74) is 0.975. The van der Waals surface area contributed by atoms with Crippen LogP contribution in [0.25, 0.3) is 0 Å². The van der Waals surface area contributed by atoms with Crippen LogP contribution in [-0.2, 0) is 19.6 Å². The summed E-state index contributed by atoms with van der Waals surface area (Å²) in [7, 11) is -3.88. The van der Waals surface area contributed by atoms with Crippen molar-refractivity contribution in [1.29, 1.82) is 0 Å². The topological polar surface area (TPSA) is 105 Å². The Kier molecular flexibility index (Phi) is 6.52. The number of nitrogens with one attached hydrogen (secondary N) is 2. The number of sulfonamides is 1. The Morgan fingerprint density at radius 2 is 1.81 bits per heavy atom. The lowest BCUT2D eigenvalue weighted by Crippen LogP contribution is -2.49. The van der Waals surface area contributed by atoms with Crippen molar-refractivity contribution in [1.82, 2.24) is 9.62 Å². The van der Waals surface area contributed by atoms with Crippen molar-refractivity contribution in [2.45, 2.75) is 81.7 Å². The zero-order valence-electron chi connectivity index (χ0n) is 18.0. The van der Waals surface area contributed by atoms with Crippen molar-refractivity contribution in [2.75, 3.05) is 18.5 Å². The molecule has 0 unspecified atom stereocenters. The number of fused-ring (bicyclic) bond motifs is 1. The highest BCUT2D eigenvalue weighted by Gasteiger charge is 2.41. The average Bonchev–Trinajstić information content (AvgIpc) is 3.20. The smallest absolute Gasteiger partial charge is 0.262 e. The largest absolute Gasteiger partial charge is 0.482 e. The monoisotopic (exact) mass is 449 g/mol. The van der Waals surface area contributed by atoms with Gasteiger partial charge in [-0.05, 0) is 44.2 Å². The van der Waals surface area contributed by atoms with Gasteiger partial charge >= 0.3 is 0 Å². The number of hydrogen-bond acceptors (Lipinski definition) is 5. The fourth-order valence-corrected chi connectivity index (χ4v) is 6.69. The first-order valence-corrected chi connectivity index (χ1v) is 12.7. The van der Waals surface area contributed by atoms with Gasteiger partial charge in [-0.3, -0.25) is 9.59 Å². The second-order valence-corrected chi connectivity index (χ2v) is 10.6. The summed E-state index contributed by atoms with van der Waals surface area (Å²) in [5, 5.41) is 5.83. The van der Waals surface area contributed by atoms with Crippen LogP contribution in [0.2, 0.25) is 0 Å². The molecule has 8 nitrogen and oxygen atoms in total. The SMILES string of the molecule is Cc1cc2c(cc1S(=O)(=O)N1CCC[C@@H]1C(=O)NC1CCCCCCC1)OCC(=O)N2. The highest BCUT2D eigenvalue weighted by Crippen LogP contribution is 2.36. The summed E-state index contributed by atoms with van der Waals surface area (Å²) < 4.78 is 33.8. The van der Waals surface area contributed by atoms with E-state index in [0.717, 1.165) is 25.7 Å². The Balaban J connectivity index is 1.53. The maximum Gasteiger partial charge on any atom is 0.262 e. The number of ether oxygens (including phenoxy) is 1. The van der Waals surface area contributed by atoms with Crippen molar-refractivity contribution in [3.8, 4) is 5.75 Å². The first-order valence-electron chi connectivity index (χ1n) is 11.3. The van der Waals surface area contributed by atoms with E-state index < -0.39 is 16.1 Å². The number of rotatable bonds is 4. The van der Waals surface area contributed by atoms with Crippen molar-refractivity contribution in [3.05, 3.63) is 17.7 Å². The third-order valence-electron chi connectivity index (χ3n) is 6.45. The van der Waals surface area contributed by atoms with Crippen molar-refractivity contribution < 1.29 is 22.7 Å². The van der Waals surface area contributed by atoms with Gasteiger partial charge in [0.2, 0.25) is 15.9 Å². The van der Waals surface area contributed by atoms with Crippen LogP contribution in [0.5, 0.6) is 5.75 Å². The van der Waals surface area contributed by atoms with Crippen LogP contribution in [0.1, 0.15) is 63.4 Å². The zero-order chi connectivity index (χ0) is 22.0. The van der Waals surface area contributed by atoms with Gasteiger partial charge in [-0.2, -0.15) is 4.31 Å². The van der Waals surface area contributed by atoms with Crippen molar-refractivity contribution in [3.63, 3.8) is 0 Å². The number of benzene rings is 1. The average molecular weight is 450 g/mol. The van der Waals surface area contributed by atoms with Gasteiger partial charge in [-0.1, -0.05) is 32.1 Å². The van der Waals surface area contributed by atoms with Crippen molar-refractivity contribution >= 4 is 27.5 Å². The van der Waals surface area contributed by atoms with Crippen LogP contribution in [0, 0.1) is 6.92 Å². The molecule has 0 aromatic heterocycles. The number of anilines is 1. The van der Waals surface area contributed by atoms with Crippen LogP contribution >= 0.6 is 0 Å². The van der Waals surface area contributed by atoms with E-state index in [-0.39, 0.29) is 29.4 Å². The van der Waals surface area contributed by atoms with E-state index in [4.69, 9.17) is 4.74 Å².